The van der Waals surface area contributed by atoms with Crippen molar-refractivity contribution in [2.24, 2.45) is 5.41 Å². The smallest absolute Gasteiger partial charge is 0.222 e. The minimum Gasteiger partial charge on any atom is -0.355 e. The Hall–Kier alpha value is -2.14. The second-order valence-electron chi connectivity index (χ2n) is 7.44. The Morgan fingerprint density at radius 2 is 1.96 bits per heavy atom. The average molecular weight is 371 g/mol. The number of hydrogen-bond acceptors (Lipinski definition) is 4. The number of amides is 1. The number of anilines is 1. The van der Waals surface area contributed by atoms with Gasteiger partial charge in [-0.05, 0) is 49.1 Å². The lowest BCUT2D eigenvalue weighted by Crippen LogP contribution is -2.54. The molecule has 0 saturated carbocycles. The molecule has 2 aliphatic rings. The standard InChI is InChI=1S/C20H23ClN4O/c21-17-3-1-9-23-19(17)24-12-2-7-20(14-24)8-4-18(26)25(15-20)13-16-5-10-22-11-6-16/h1,3,5-6,9-11H,2,4,7-8,12-15H2/t20-/m1/s1. The number of pyridine rings is 2. The van der Waals surface area contributed by atoms with Gasteiger partial charge in [-0.1, -0.05) is 11.6 Å². The summed E-state index contributed by atoms with van der Waals surface area (Å²) in [4.78, 5) is 25.4. The van der Waals surface area contributed by atoms with E-state index in [-0.39, 0.29) is 11.3 Å². The molecule has 0 aliphatic carbocycles. The number of halogens is 1. The third-order valence-corrected chi connectivity index (χ3v) is 5.87. The van der Waals surface area contributed by atoms with Gasteiger partial charge in [0, 0.05) is 56.6 Å². The van der Waals surface area contributed by atoms with Crippen molar-refractivity contribution in [1.29, 1.82) is 0 Å². The molecule has 1 amide bonds. The molecule has 1 atom stereocenters. The van der Waals surface area contributed by atoms with E-state index in [1.807, 2.05) is 29.2 Å². The molecule has 5 nitrogen and oxygen atoms in total. The van der Waals surface area contributed by atoms with Crippen LogP contribution in [0.15, 0.2) is 42.9 Å². The third-order valence-electron chi connectivity index (χ3n) is 5.57. The van der Waals surface area contributed by atoms with E-state index in [0.717, 1.165) is 50.3 Å². The van der Waals surface area contributed by atoms with Gasteiger partial charge in [0.1, 0.15) is 5.82 Å². The molecule has 6 heteroatoms. The van der Waals surface area contributed by atoms with Gasteiger partial charge >= 0.3 is 0 Å². The van der Waals surface area contributed by atoms with Gasteiger partial charge in [0.25, 0.3) is 0 Å². The Morgan fingerprint density at radius 1 is 1.12 bits per heavy atom. The molecule has 0 aromatic carbocycles. The summed E-state index contributed by atoms with van der Waals surface area (Å²) in [6, 6.07) is 7.72. The molecule has 4 rings (SSSR count). The number of nitrogens with zero attached hydrogens (tertiary/aromatic N) is 4. The largest absolute Gasteiger partial charge is 0.355 e. The summed E-state index contributed by atoms with van der Waals surface area (Å²) in [5, 5.41) is 0.699. The summed E-state index contributed by atoms with van der Waals surface area (Å²) >= 11 is 6.37. The number of carbonyl (C=O) groups is 1. The predicted molar refractivity (Wildman–Crippen MR) is 102 cm³/mol. The summed E-state index contributed by atoms with van der Waals surface area (Å²) in [6.07, 6.45) is 9.17. The Kier molecular flexibility index (Phi) is 4.81. The second-order valence-corrected chi connectivity index (χ2v) is 7.85. The number of likely N-dealkylation sites (tertiary alicyclic amines) is 1. The van der Waals surface area contributed by atoms with Crippen molar-refractivity contribution < 1.29 is 4.79 Å². The molecule has 1 spiro atoms. The fraction of sp³-hybridized carbons (Fsp3) is 0.450. The van der Waals surface area contributed by atoms with E-state index in [9.17, 15) is 4.79 Å². The van der Waals surface area contributed by atoms with E-state index < -0.39 is 0 Å². The lowest BCUT2D eigenvalue weighted by atomic mass is 9.73. The third kappa shape index (κ3) is 3.54. The Bertz CT molecular complexity index is 784. The van der Waals surface area contributed by atoms with Gasteiger partial charge in [0.05, 0.1) is 5.02 Å². The zero-order chi connectivity index (χ0) is 18.0. The molecular weight excluding hydrogens is 348 g/mol. The summed E-state index contributed by atoms with van der Waals surface area (Å²) in [6.45, 7) is 3.34. The highest BCUT2D eigenvalue weighted by molar-refractivity contribution is 6.32. The minimum atomic E-state index is 0.125. The molecule has 0 N–H and O–H groups in total. The molecule has 136 valence electrons. The lowest BCUT2D eigenvalue weighted by molar-refractivity contribution is -0.138. The minimum absolute atomic E-state index is 0.125. The molecule has 0 unspecified atom stereocenters. The molecule has 0 bridgehead atoms. The van der Waals surface area contributed by atoms with E-state index in [4.69, 9.17) is 11.6 Å². The number of piperidine rings is 2. The van der Waals surface area contributed by atoms with E-state index in [0.29, 0.717) is 18.0 Å². The van der Waals surface area contributed by atoms with Gasteiger partial charge < -0.3 is 9.80 Å². The van der Waals surface area contributed by atoms with Crippen LogP contribution in [0.25, 0.3) is 0 Å². The van der Waals surface area contributed by atoms with Crippen LogP contribution in [0, 0.1) is 5.41 Å². The fourth-order valence-corrected chi connectivity index (χ4v) is 4.53. The monoisotopic (exact) mass is 370 g/mol. The number of hydrogen-bond donors (Lipinski definition) is 0. The first-order valence-corrected chi connectivity index (χ1v) is 9.55. The molecule has 2 aliphatic heterocycles. The molecule has 26 heavy (non-hydrogen) atoms. The van der Waals surface area contributed by atoms with Gasteiger partial charge in [-0.15, -0.1) is 0 Å². The summed E-state index contributed by atoms with van der Waals surface area (Å²) in [5.41, 5.74) is 1.26. The Balaban J connectivity index is 1.52. The van der Waals surface area contributed by atoms with Crippen LogP contribution < -0.4 is 4.90 Å². The predicted octanol–water partition coefficient (Wildman–Crippen LogP) is 3.54. The zero-order valence-corrected chi connectivity index (χ0v) is 15.5. The summed E-state index contributed by atoms with van der Waals surface area (Å²) in [7, 11) is 0. The Morgan fingerprint density at radius 3 is 2.77 bits per heavy atom. The van der Waals surface area contributed by atoms with Crippen LogP contribution in [0.3, 0.4) is 0 Å². The van der Waals surface area contributed by atoms with Gasteiger partial charge in [-0.25, -0.2) is 4.98 Å². The molecule has 2 saturated heterocycles. The molecule has 2 aromatic rings. The maximum atomic E-state index is 12.5. The van der Waals surface area contributed by atoms with Crippen molar-refractivity contribution in [1.82, 2.24) is 14.9 Å². The van der Waals surface area contributed by atoms with Crippen molar-refractivity contribution in [3.8, 4) is 0 Å². The summed E-state index contributed by atoms with van der Waals surface area (Å²) in [5.74, 6) is 1.12. The van der Waals surface area contributed by atoms with Crippen LogP contribution >= 0.6 is 11.6 Å². The highest BCUT2D eigenvalue weighted by atomic mass is 35.5. The maximum absolute atomic E-state index is 12.5. The van der Waals surface area contributed by atoms with Gasteiger partial charge in [-0.3, -0.25) is 9.78 Å². The van der Waals surface area contributed by atoms with Crippen LogP contribution in [0.4, 0.5) is 5.82 Å². The van der Waals surface area contributed by atoms with E-state index >= 15 is 0 Å². The molecular formula is C20H23ClN4O. The van der Waals surface area contributed by atoms with E-state index in [2.05, 4.69) is 14.9 Å². The number of aromatic nitrogens is 2. The van der Waals surface area contributed by atoms with Crippen molar-refractivity contribution >= 4 is 23.3 Å². The number of carbonyl (C=O) groups excluding carboxylic acids is 1. The first kappa shape index (κ1) is 17.3. The molecule has 0 radical (unpaired) electrons. The second kappa shape index (κ2) is 7.23. The zero-order valence-electron chi connectivity index (χ0n) is 14.8. The van der Waals surface area contributed by atoms with Crippen LogP contribution in [0.5, 0.6) is 0 Å². The van der Waals surface area contributed by atoms with Crippen molar-refractivity contribution in [2.75, 3.05) is 24.5 Å². The average Bonchev–Trinajstić information content (AvgIpc) is 2.66. The van der Waals surface area contributed by atoms with Crippen molar-refractivity contribution in [3.05, 3.63) is 53.4 Å². The Labute approximate surface area is 159 Å². The number of rotatable bonds is 3. The van der Waals surface area contributed by atoms with Crippen molar-refractivity contribution in [2.45, 2.75) is 32.2 Å². The maximum Gasteiger partial charge on any atom is 0.222 e. The highest BCUT2D eigenvalue weighted by Crippen LogP contribution is 2.41. The first-order chi connectivity index (χ1) is 12.7. The lowest BCUT2D eigenvalue weighted by Gasteiger charge is -2.48. The fourth-order valence-electron chi connectivity index (χ4n) is 4.29. The van der Waals surface area contributed by atoms with Crippen LogP contribution in [0.2, 0.25) is 5.02 Å². The van der Waals surface area contributed by atoms with Crippen molar-refractivity contribution in [3.63, 3.8) is 0 Å². The van der Waals surface area contributed by atoms with E-state index in [1.165, 1.54) is 0 Å². The van der Waals surface area contributed by atoms with Crippen LogP contribution in [0.1, 0.15) is 31.2 Å². The van der Waals surface area contributed by atoms with E-state index in [1.54, 1.807) is 18.6 Å². The quantitative estimate of drug-likeness (QED) is 0.829. The summed E-state index contributed by atoms with van der Waals surface area (Å²) < 4.78 is 0. The first-order valence-electron chi connectivity index (χ1n) is 9.17. The molecule has 2 aromatic heterocycles. The molecule has 4 heterocycles. The van der Waals surface area contributed by atoms with Gasteiger partial charge in [0.2, 0.25) is 5.91 Å². The SMILES string of the molecule is O=C1CC[C@@]2(CCCN(c3ncccc3Cl)C2)CN1Cc1ccncc1. The van der Waals surface area contributed by atoms with Gasteiger partial charge in [-0.2, -0.15) is 0 Å². The van der Waals surface area contributed by atoms with Crippen LogP contribution in [-0.2, 0) is 11.3 Å². The normalized spacial score (nSPS) is 23.5. The topological polar surface area (TPSA) is 49.3 Å². The molecule has 2 fully saturated rings. The van der Waals surface area contributed by atoms with Gasteiger partial charge in [0.15, 0.2) is 0 Å². The highest BCUT2D eigenvalue weighted by Gasteiger charge is 2.42. The van der Waals surface area contributed by atoms with Crippen LogP contribution in [-0.4, -0.2) is 40.4 Å².